The van der Waals surface area contributed by atoms with E-state index in [1.165, 1.54) is 11.3 Å². The maximum absolute atomic E-state index is 13.8. The molecule has 6 heterocycles. The summed E-state index contributed by atoms with van der Waals surface area (Å²) in [6, 6.07) is 2.24. The molecule has 0 aromatic carbocycles. The Hall–Kier alpha value is -3.77. The second-order valence-corrected chi connectivity index (χ2v) is 14.6. The lowest BCUT2D eigenvalue weighted by Gasteiger charge is -2.39. The number of aromatic nitrogens is 5. The molecule has 2 N–H and O–H groups in total. The standard InChI is InChI=1S/C33H40N8O5S/c1-17(25-21(43-4)9-13-39(25)2)45-31-26-30(41(32(42)40(26)3)18-10-14-44-16-18)36-29(37-31)24-19-7-5-11-33(27(19)46-38-24)12-6-8-22-23(33)20(15-34)28(35)47-22/h17-18,21,25H,5-14,16,35H2,1-4H3/t17-,18+,21-,25+,33-/m0/s1. The summed E-state index contributed by atoms with van der Waals surface area (Å²) >= 11 is 1.52. The molecule has 0 amide bonds. The maximum atomic E-state index is 13.8. The number of likely N-dealkylation sites (N-methyl/N-ethyl adjacent to an activating group) is 1. The monoisotopic (exact) mass is 660 g/mol. The molecular formula is C33H40N8O5S. The predicted molar refractivity (Wildman–Crippen MR) is 175 cm³/mol. The van der Waals surface area contributed by atoms with Crippen LogP contribution in [0, 0.1) is 11.3 Å². The maximum Gasteiger partial charge on any atom is 0.330 e. The highest BCUT2D eigenvalue weighted by Crippen LogP contribution is 2.55. The van der Waals surface area contributed by atoms with Gasteiger partial charge in [0.25, 0.3) is 0 Å². The number of nitrogen functional groups attached to an aromatic ring is 1. The van der Waals surface area contributed by atoms with E-state index in [9.17, 15) is 10.1 Å². The fourth-order valence-electron chi connectivity index (χ4n) is 8.79. The van der Waals surface area contributed by atoms with Crippen LogP contribution < -0.4 is 16.2 Å². The molecule has 0 bridgehead atoms. The van der Waals surface area contributed by atoms with E-state index < -0.39 is 5.41 Å². The Morgan fingerprint density at radius 1 is 1.19 bits per heavy atom. The third-order valence-electron chi connectivity index (χ3n) is 11.0. The molecule has 0 radical (unpaired) electrons. The van der Waals surface area contributed by atoms with Crippen LogP contribution in [-0.2, 0) is 34.8 Å². The smallest absolute Gasteiger partial charge is 0.330 e. The minimum absolute atomic E-state index is 0.00311. The van der Waals surface area contributed by atoms with Crippen molar-refractivity contribution in [2.45, 2.75) is 88.0 Å². The van der Waals surface area contributed by atoms with Gasteiger partial charge >= 0.3 is 5.69 Å². The van der Waals surface area contributed by atoms with Crippen LogP contribution in [0.4, 0.5) is 5.00 Å². The van der Waals surface area contributed by atoms with E-state index in [-0.39, 0.29) is 30.0 Å². The number of aryl methyl sites for hydroxylation is 2. The van der Waals surface area contributed by atoms with Crippen molar-refractivity contribution in [3.8, 4) is 23.5 Å². The van der Waals surface area contributed by atoms with E-state index in [2.05, 4.69) is 23.2 Å². The molecule has 4 aromatic rings. The minimum atomic E-state index is -0.470. The van der Waals surface area contributed by atoms with E-state index in [1.807, 2.05) is 6.92 Å². The topological polar surface area (TPSA) is 159 Å². The van der Waals surface area contributed by atoms with Crippen LogP contribution in [0.2, 0.25) is 0 Å². The molecule has 5 atom stereocenters. The number of hydrogen-bond acceptors (Lipinski definition) is 12. The summed E-state index contributed by atoms with van der Waals surface area (Å²) in [6.07, 6.45) is 6.55. The number of fused-ring (bicyclic) bond motifs is 5. The van der Waals surface area contributed by atoms with Gasteiger partial charge in [-0.2, -0.15) is 10.2 Å². The summed E-state index contributed by atoms with van der Waals surface area (Å²) in [5.41, 5.74) is 9.79. The normalized spacial score (nSPS) is 26.5. The first-order valence-electron chi connectivity index (χ1n) is 16.5. The third kappa shape index (κ3) is 4.50. The number of ether oxygens (including phenoxy) is 3. The molecule has 248 valence electrons. The Morgan fingerprint density at radius 2 is 2.00 bits per heavy atom. The molecule has 4 aliphatic rings. The molecule has 14 heteroatoms. The number of rotatable bonds is 6. The van der Waals surface area contributed by atoms with Crippen LogP contribution in [0.1, 0.15) is 78.8 Å². The number of nitrogens with two attached hydrogens (primary N) is 1. The second-order valence-electron chi connectivity index (χ2n) is 13.5. The molecule has 2 saturated heterocycles. The number of nitrogens with zero attached hydrogens (tertiary/aromatic N) is 7. The van der Waals surface area contributed by atoms with Crippen molar-refractivity contribution < 1.29 is 18.7 Å². The van der Waals surface area contributed by atoms with Crippen molar-refractivity contribution in [2.24, 2.45) is 7.05 Å². The zero-order valence-corrected chi connectivity index (χ0v) is 28.1. The summed E-state index contributed by atoms with van der Waals surface area (Å²) in [5, 5.41) is 15.3. The molecule has 2 aliphatic heterocycles. The largest absolute Gasteiger partial charge is 0.471 e. The van der Waals surface area contributed by atoms with Crippen LogP contribution in [0.25, 0.3) is 22.7 Å². The van der Waals surface area contributed by atoms with Gasteiger partial charge in [-0.25, -0.2) is 9.78 Å². The lowest BCUT2D eigenvalue weighted by molar-refractivity contribution is 0.0178. The molecular weight excluding hydrogens is 620 g/mol. The Kier molecular flexibility index (Phi) is 7.43. The number of nitriles is 1. The minimum Gasteiger partial charge on any atom is -0.471 e. The molecule has 2 fully saturated rings. The molecule has 13 nitrogen and oxygen atoms in total. The lowest BCUT2D eigenvalue weighted by atomic mass is 9.63. The Labute approximate surface area is 276 Å². The molecule has 2 aliphatic carbocycles. The first kappa shape index (κ1) is 30.6. The first-order chi connectivity index (χ1) is 22.8. The SMILES string of the molecule is CO[C@H]1CCN(C)[C@@H]1[C@H](C)Oc1nc(-c2noc3c2CCC[C@@]32CCCc3sc(N)c(C#N)c32)nc2c1n(C)c(=O)n2[C@@H]1CCOC1. The zero-order valence-electron chi connectivity index (χ0n) is 27.2. The van der Waals surface area contributed by atoms with Crippen molar-refractivity contribution in [1.82, 2.24) is 29.2 Å². The summed E-state index contributed by atoms with van der Waals surface area (Å²) in [4.78, 5) is 27.2. The van der Waals surface area contributed by atoms with Gasteiger partial charge in [-0.3, -0.25) is 14.0 Å². The van der Waals surface area contributed by atoms with E-state index in [1.54, 1.807) is 23.3 Å². The third-order valence-corrected chi connectivity index (χ3v) is 12.0. The summed E-state index contributed by atoms with van der Waals surface area (Å²) in [6.45, 7) is 3.93. The van der Waals surface area contributed by atoms with E-state index in [0.29, 0.717) is 58.8 Å². The molecule has 4 aromatic heterocycles. The summed E-state index contributed by atoms with van der Waals surface area (Å²) in [5.74, 6) is 1.45. The highest BCUT2D eigenvalue weighted by molar-refractivity contribution is 7.16. The van der Waals surface area contributed by atoms with Crippen molar-refractivity contribution in [3.05, 3.63) is 37.8 Å². The van der Waals surface area contributed by atoms with Crippen LogP contribution in [-0.4, -0.2) is 81.3 Å². The molecule has 0 unspecified atom stereocenters. The highest BCUT2D eigenvalue weighted by atomic mass is 32.1. The molecule has 8 rings (SSSR count). The zero-order chi connectivity index (χ0) is 32.6. The van der Waals surface area contributed by atoms with Gasteiger partial charge < -0.3 is 24.5 Å². The molecule has 1 spiro atoms. The Bertz CT molecular complexity index is 1960. The number of methoxy groups -OCH3 is 1. The van der Waals surface area contributed by atoms with Gasteiger partial charge in [0.05, 0.1) is 35.8 Å². The lowest BCUT2D eigenvalue weighted by Crippen LogP contribution is -2.45. The molecule has 47 heavy (non-hydrogen) atoms. The molecule has 0 saturated carbocycles. The number of thiophene rings is 1. The quantitative estimate of drug-likeness (QED) is 0.321. The van der Waals surface area contributed by atoms with Gasteiger partial charge in [-0.1, -0.05) is 5.16 Å². The number of imidazole rings is 1. The van der Waals surface area contributed by atoms with Crippen molar-refractivity contribution in [1.29, 1.82) is 5.26 Å². The highest BCUT2D eigenvalue weighted by Gasteiger charge is 2.49. The fourth-order valence-corrected chi connectivity index (χ4v) is 9.95. The number of anilines is 1. The summed E-state index contributed by atoms with van der Waals surface area (Å²) in [7, 11) is 5.54. The first-order valence-corrected chi connectivity index (χ1v) is 17.4. The Balaban J connectivity index is 1.30. The van der Waals surface area contributed by atoms with E-state index in [0.717, 1.165) is 73.3 Å². The second kappa shape index (κ2) is 11.4. The van der Waals surface area contributed by atoms with Crippen LogP contribution >= 0.6 is 11.3 Å². The number of hydrogen-bond donors (Lipinski definition) is 1. The van der Waals surface area contributed by atoms with E-state index >= 15 is 0 Å². The number of likely N-dealkylation sites (tertiary alicyclic amines) is 1. The Morgan fingerprint density at radius 3 is 2.74 bits per heavy atom. The average molecular weight is 661 g/mol. The van der Waals surface area contributed by atoms with Crippen molar-refractivity contribution >= 4 is 27.5 Å². The predicted octanol–water partition coefficient (Wildman–Crippen LogP) is 3.71. The van der Waals surface area contributed by atoms with Crippen molar-refractivity contribution in [3.63, 3.8) is 0 Å². The van der Waals surface area contributed by atoms with Gasteiger partial charge in [0.15, 0.2) is 28.4 Å². The van der Waals surface area contributed by atoms with Crippen LogP contribution in [0.15, 0.2) is 9.32 Å². The van der Waals surface area contributed by atoms with Gasteiger partial charge in [0.1, 0.15) is 17.2 Å². The summed E-state index contributed by atoms with van der Waals surface area (Å²) < 4.78 is 27.8. The average Bonchev–Trinajstić information content (AvgIpc) is 3.89. The van der Waals surface area contributed by atoms with Gasteiger partial charge in [0, 0.05) is 37.7 Å². The van der Waals surface area contributed by atoms with Crippen LogP contribution in [0.5, 0.6) is 5.88 Å². The van der Waals surface area contributed by atoms with Crippen LogP contribution in [0.3, 0.4) is 0 Å². The van der Waals surface area contributed by atoms with Crippen molar-refractivity contribution in [2.75, 3.05) is 39.6 Å². The fraction of sp³-hybridized carbons (Fsp3) is 0.606. The van der Waals surface area contributed by atoms with Gasteiger partial charge in [-0.05, 0) is 70.9 Å². The van der Waals surface area contributed by atoms with Gasteiger partial charge in [-0.15, -0.1) is 11.3 Å². The van der Waals surface area contributed by atoms with E-state index in [4.69, 9.17) is 34.4 Å². The van der Waals surface area contributed by atoms with Gasteiger partial charge in [0.2, 0.25) is 5.88 Å².